The fourth-order valence-electron chi connectivity index (χ4n) is 1.53. The minimum absolute atomic E-state index is 0.0526. The first-order valence-corrected chi connectivity index (χ1v) is 6.96. The molecule has 0 aromatic heterocycles. The molecule has 0 spiro atoms. The molecule has 112 valence electrons. The number of hydrogen-bond acceptors (Lipinski definition) is 4. The summed E-state index contributed by atoms with van der Waals surface area (Å²) in [5.41, 5.74) is -1.08. The van der Waals surface area contributed by atoms with E-state index in [4.69, 9.17) is 10.1 Å². The van der Waals surface area contributed by atoms with Crippen molar-refractivity contribution >= 4 is 6.02 Å². The van der Waals surface area contributed by atoms with Crippen LogP contribution in [-0.2, 0) is 4.74 Å². The Labute approximate surface area is 115 Å². The van der Waals surface area contributed by atoms with Crippen LogP contribution in [0.4, 0.5) is 0 Å². The second-order valence-electron chi connectivity index (χ2n) is 5.35. The number of amidine groups is 1. The van der Waals surface area contributed by atoms with Gasteiger partial charge in [0, 0.05) is 25.3 Å². The second kappa shape index (κ2) is 8.72. The molecular weight excluding hydrogens is 246 g/mol. The van der Waals surface area contributed by atoms with Gasteiger partial charge in [-0.3, -0.25) is 15.5 Å². The molecule has 0 atom stereocenters. The summed E-state index contributed by atoms with van der Waals surface area (Å²) >= 11 is 0. The second-order valence-corrected chi connectivity index (χ2v) is 5.35. The number of nitrogens with one attached hydrogen (secondary N) is 1. The molecule has 0 aliphatic carbocycles. The molecule has 0 bridgehead atoms. The Hall–Kier alpha value is -1.33. The topological polar surface area (TPSA) is 79.5 Å². The summed E-state index contributed by atoms with van der Waals surface area (Å²) < 4.78 is 5.35. The normalized spacial score (nSPS) is 11.2. The molecule has 0 saturated carbocycles. The van der Waals surface area contributed by atoms with Crippen molar-refractivity contribution in [3.63, 3.8) is 0 Å². The average Bonchev–Trinajstić information content (AvgIpc) is 2.34. The van der Waals surface area contributed by atoms with Crippen molar-refractivity contribution in [3.8, 4) is 0 Å². The van der Waals surface area contributed by atoms with E-state index in [0.717, 1.165) is 25.7 Å². The third-order valence-corrected chi connectivity index (χ3v) is 2.88. The van der Waals surface area contributed by atoms with E-state index in [1.165, 1.54) is 0 Å². The highest BCUT2D eigenvalue weighted by Crippen LogP contribution is 2.12. The molecule has 0 aliphatic heterocycles. The maximum atomic E-state index is 11.0. The van der Waals surface area contributed by atoms with Gasteiger partial charge in [0.15, 0.2) is 0 Å². The van der Waals surface area contributed by atoms with Crippen molar-refractivity contribution in [2.24, 2.45) is 0 Å². The first-order valence-electron chi connectivity index (χ1n) is 6.96. The maximum absolute atomic E-state index is 11.0. The Bertz CT molecular complexity index is 293. The molecule has 19 heavy (non-hydrogen) atoms. The lowest BCUT2D eigenvalue weighted by Crippen LogP contribution is -2.47. The van der Waals surface area contributed by atoms with Gasteiger partial charge in [-0.05, 0) is 12.8 Å². The maximum Gasteiger partial charge on any atom is 0.284 e. The summed E-state index contributed by atoms with van der Waals surface area (Å²) in [4.78, 5) is 12.3. The molecular formula is C13H27N3O3. The smallest absolute Gasteiger partial charge is 0.284 e. The van der Waals surface area contributed by atoms with Gasteiger partial charge in [-0.2, -0.15) is 0 Å². The molecule has 0 saturated heterocycles. The van der Waals surface area contributed by atoms with Crippen molar-refractivity contribution in [2.45, 2.75) is 58.9 Å². The highest BCUT2D eigenvalue weighted by atomic mass is 16.6. The van der Waals surface area contributed by atoms with Crippen LogP contribution in [0.3, 0.4) is 0 Å². The van der Waals surface area contributed by atoms with Crippen LogP contribution in [-0.4, -0.2) is 41.1 Å². The third-order valence-electron chi connectivity index (χ3n) is 2.88. The SMILES string of the molecule is CCCCOC(=N)N(CCCC)CC(C)(C)[N+](=O)[O-]. The molecule has 6 nitrogen and oxygen atoms in total. The van der Waals surface area contributed by atoms with Gasteiger partial charge in [0.25, 0.3) is 6.02 Å². The van der Waals surface area contributed by atoms with Crippen molar-refractivity contribution in [3.05, 3.63) is 10.1 Å². The van der Waals surface area contributed by atoms with Gasteiger partial charge in [0.05, 0.1) is 13.2 Å². The Kier molecular flexibility index (Phi) is 8.11. The van der Waals surface area contributed by atoms with Gasteiger partial charge in [0.2, 0.25) is 5.54 Å². The molecule has 0 amide bonds. The monoisotopic (exact) mass is 273 g/mol. The van der Waals surface area contributed by atoms with Gasteiger partial charge in [-0.1, -0.05) is 26.7 Å². The fourth-order valence-corrected chi connectivity index (χ4v) is 1.53. The molecule has 0 heterocycles. The molecule has 1 N–H and O–H groups in total. The van der Waals surface area contributed by atoms with Gasteiger partial charge in [-0.15, -0.1) is 0 Å². The molecule has 0 rings (SSSR count). The summed E-state index contributed by atoms with van der Waals surface area (Å²) in [7, 11) is 0. The predicted octanol–water partition coefficient (Wildman–Crippen LogP) is 2.90. The number of hydrogen-bond donors (Lipinski definition) is 1. The van der Waals surface area contributed by atoms with Gasteiger partial charge >= 0.3 is 0 Å². The summed E-state index contributed by atoms with van der Waals surface area (Å²) in [6.07, 6.45) is 3.77. The van der Waals surface area contributed by atoms with Crippen LogP contribution in [0, 0.1) is 15.5 Å². The molecule has 6 heteroatoms. The summed E-state index contributed by atoms with van der Waals surface area (Å²) in [6, 6.07) is 0.0526. The van der Waals surface area contributed by atoms with E-state index in [1.54, 1.807) is 18.7 Å². The van der Waals surface area contributed by atoms with E-state index in [0.29, 0.717) is 13.2 Å². The number of ether oxygens (including phenoxy) is 1. The highest BCUT2D eigenvalue weighted by molar-refractivity contribution is 5.70. The quantitative estimate of drug-likeness (QED) is 0.230. The van der Waals surface area contributed by atoms with E-state index in [-0.39, 0.29) is 17.5 Å². The molecule has 0 aromatic rings. The molecule has 0 radical (unpaired) electrons. The summed E-state index contributed by atoms with van der Waals surface area (Å²) in [6.45, 7) is 8.58. The summed E-state index contributed by atoms with van der Waals surface area (Å²) in [5.74, 6) is 0. The van der Waals surface area contributed by atoms with E-state index >= 15 is 0 Å². The van der Waals surface area contributed by atoms with Crippen molar-refractivity contribution in [2.75, 3.05) is 19.7 Å². The van der Waals surface area contributed by atoms with Crippen LogP contribution < -0.4 is 0 Å². The van der Waals surface area contributed by atoms with Crippen LogP contribution >= 0.6 is 0 Å². The molecule has 0 unspecified atom stereocenters. The van der Waals surface area contributed by atoms with Gasteiger partial charge < -0.3 is 9.64 Å². The van der Waals surface area contributed by atoms with Crippen molar-refractivity contribution < 1.29 is 9.66 Å². The van der Waals surface area contributed by atoms with Crippen LogP contribution in [0.2, 0.25) is 0 Å². The zero-order chi connectivity index (χ0) is 14.9. The first-order chi connectivity index (χ1) is 8.85. The Morgan fingerprint density at radius 1 is 1.32 bits per heavy atom. The molecule has 0 aliphatic rings. The minimum atomic E-state index is -1.08. The average molecular weight is 273 g/mol. The van der Waals surface area contributed by atoms with Crippen LogP contribution in [0.1, 0.15) is 53.4 Å². The Morgan fingerprint density at radius 3 is 2.37 bits per heavy atom. The van der Waals surface area contributed by atoms with E-state index < -0.39 is 5.54 Å². The Morgan fingerprint density at radius 2 is 1.89 bits per heavy atom. The fraction of sp³-hybridized carbons (Fsp3) is 0.923. The van der Waals surface area contributed by atoms with E-state index in [2.05, 4.69) is 13.8 Å². The number of nitrogens with zero attached hydrogens (tertiary/aromatic N) is 2. The highest BCUT2D eigenvalue weighted by Gasteiger charge is 2.34. The van der Waals surface area contributed by atoms with Crippen molar-refractivity contribution in [1.82, 2.24) is 4.90 Å². The number of rotatable bonds is 9. The zero-order valence-corrected chi connectivity index (χ0v) is 12.6. The van der Waals surface area contributed by atoms with Crippen molar-refractivity contribution in [1.29, 1.82) is 5.41 Å². The lowest BCUT2D eigenvalue weighted by atomic mass is 10.1. The summed E-state index contributed by atoms with van der Waals surface area (Å²) in [5, 5.41) is 18.9. The lowest BCUT2D eigenvalue weighted by molar-refractivity contribution is -0.560. The Balaban J connectivity index is 4.52. The molecule has 0 aromatic carbocycles. The van der Waals surface area contributed by atoms with Crippen LogP contribution in [0.25, 0.3) is 0 Å². The minimum Gasteiger partial charge on any atom is -0.465 e. The van der Waals surface area contributed by atoms with E-state index in [9.17, 15) is 10.1 Å². The van der Waals surface area contributed by atoms with Crippen LogP contribution in [0.15, 0.2) is 0 Å². The zero-order valence-electron chi connectivity index (χ0n) is 12.6. The van der Waals surface area contributed by atoms with Gasteiger partial charge in [-0.25, -0.2) is 0 Å². The van der Waals surface area contributed by atoms with Crippen LogP contribution in [0.5, 0.6) is 0 Å². The third kappa shape index (κ3) is 6.98. The number of unbranched alkanes of at least 4 members (excludes halogenated alkanes) is 2. The molecule has 0 fully saturated rings. The first kappa shape index (κ1) is 17.7. The number of nitro groups is 1. The largest absolute Gasteiger partial charge is 0.465 e. The van der Waals surface area contributed by atoms with Gasteiger partial charge in [0.1, 0.15) is 0 Å². The standard InChI is InChI=1S/C13H27N3O3/c1-5-7-9-15(11-13(3,4)16(17)18)12(14)19-10-8-6-2/h14H,5-11H2,1-4H3. The predicted molar refractivity (Wildman–Crippen MR) is 76.1 cm³/mol. The van der Waals surface area contributed by atoms with E-state index in [1.807, 2.05) is 0 Å². The lowest BCUT2D eigenvalue weighted by Gasteiger charge is -2.28.